The van der Waals surface area contributed by atoms with Gasteiger partial charge in [-0.25, -0.2) is 0 Å². The van der Waals surface area contributed by atoms with Crippen LogP contribution in [0.3, 0.4) is 0 Å². The van der Waals surface area contributed by atoms with Crippen LogP contribution in [-0.4, -0.2) is 38.5 Å². The SMILES string of the molecule is C=C(C)Cn1c(SCC(=O)Nc2cc(C)ccc2OC)nnc1-c1ccncc1. The highest BCUT2D eigenvalue weighted by Crippen LogP contribution is 2.27. The predicted molar refractivity (Wildman–Crippen MR) is 115 cm³/mol. The van der Waals surface area contributed by atoms with Gasteiger partial charge in [-0.05, 0) is 43.7 Å². The molecule has 0 aliphatic heterocycles. The van der Waals surface area contributed by atoms with Crippen LogP contribution in [0, 0.1) is 6.92 Å². The molecule has 0 bridgehead atoms. The molecule has 1 N–H and O–H groups in total. The number of hydrogen-bond acceptors (Lipinski definition) is 6. The zero-order valence-corrected chi connectivity index (χ0v) is 17.5. The molecule has 0 fully saturated rings. The summed E-state index contributed by atoms with van der Waals surface area (Å²) in [6, 6.07) is 9.41. The molecular weight excluding hydrogens is 386 g/mol. The van der Waals surface area contributed by atoms with Crippen LogP contribution in [0.2, 0.25) is 0 Å². The molecule has 7 nitrogen and oxygen atoms in total. The number of nitrogens with one attached hydrogen (secondary N) is 1. The van der Waals surface area contributed by atoms with Crippen molar-refractivity contribution in [1.82, 2.24) is 19.7 Å². The maximum atomic E-state index is 12.5. The van der Waals surface area contributed by atoms with Crippen molar-refractivity contribution in [2.24, 2.45) is 0 Å². The summed E-state index contributed by atoms with van der Waals surface area (Å²) in [6.07, 6.45) is 3.43. The lowest BCUT2D eigenvalue weighted by atomic mass is 10.2. The van der Waals surface area contributed by atoms with Crippen molar-refractivity contribution in [2.75, 3.05) is 18.2 Å². The number of thioether (sulfide) groups is 1. The van der Waals surface area contributed by atoms with Crippen LogP contribution in [0.4, 0.5) is 5.69 Å². The zero-order valence-electron chi connectivity index (χ0n) is 16.7. The van der Waals surface area contributed by atoms with E-state index >= 15 is 0 Å². The van der Waals surface area contributed by atoms with Crippen molar-refractivity contribution in [2.45, 2.75) is 25.5 Å². The number of rotatable bonds is 8. The summed E-state index contributed by atoms with van der Waals surface area (Å²) in [5.41, 5.74) is 3.57. The second-order valence-electron chi connectivity index (χ2n) is 6.63. The molecule has 0 unspecified atom stereocenters. The first kappa shape index (κ1) is 20.6. The van der Waals surface area contributed by atoms with E-state index in [0.29, 0.717) is 23.1 Å². The third-order valence-electron chi connectivity index (χ3n) is 4.04. The lowest BCUT2D eigenvalue weighted by Gasteiger charge is -2.12. The van der Waals surface area contributed by atoms with E-state index < -0.39 is 0 Å². The van der Waals surface area contributed by atoms with Crippen LogP contribution in [0.1, 0.15) is 12.5 Å². The molecule has 3 rings (SSSR count). The summed E-state index contributed by atoms with van der Waals surface area (Å²) in [5, 5.41) is 12.2. The number of methoxy groups -OCH3 is 1. The van der Waals surface area contributed by atoms with Crippen molar-refractivity contribution in [3.05, 3.63) is 60.4 Å². The molecular formula is C21H23N5O2S. The minimum absolute atomic E-state index is 0.144. The topological polar surface area (TPSA) is 81.9 Å². The smallest absolute Gasteiger partial charge is 0.234 e. The molecule has 0 saturated carbocycles. The normalized spacial score (nSPS) is 10.6. The average Bonchev–Trinajstić information content (AvgIpc) is 3.09. The Labute approximate surface area is 174 Å². The van der Waals surface area contributed by atoms with Gasteiger partial charge in [0.25, 0.3) is 0 Å². The van der Waals surface area contributed by atoms with Crippen LogP contribution in [0.5, 0.6) is 5.75 Å². The van der Waals surface area contributed by atoms with Crippen molar-refractivity contribution >= 4 is 23.4 Å². The number of aromatic nitrogens is 4. The molecule has 0 atom stereocenters. The van der Waals surface area contributed by atoms with E-state index in [2.05, 4.69) is 27.1 Å². The molecule has 3 aromatic rings. The quantitative estimate of drug-likeness (QED) is 0.448. The van der Waals surface area contributed by atoms with Crippen molar-refractivity contribution in [1.29, 1.82) is 0 Å². The Kier molecular flexibility index (Phi) is 6.66. The third kappa shape index (κ3) is 5.23. The van der Waals surface area contributed by atoms with E-state index in [1.54, 1.807) is 19.5 Å². The summed E-state index contributed by atoms with van der Waals surface area (Å²) >= 11 is 1.33. The van der Waals surface area contributed by atoms with E-state index in [1.165, 1.54) is 11.8 Å². The summed E-state index contributed by atoms with van der Waals surface area (Å²) in [5.74, 6) is 1.40. The lowest BCUT2D eigenvalue weighted by Crippen LogP contribution is -2.15. The highest BCUT2D eigenvalue weighted by Gasteiger charge is 2.16. The molecule has 0 radical (unpaired) electrons. The van der Waals surface area contributed by atoms with Gasteiger partial charge in [-0.3, -0.25) is 14.3 Å². The fourth-order valence-electron chi connectivity index (χ4n) is 2.76. The van der Waals surface area contributed by atoms with Gasteiger partial charge in [0.05, 0.1) is 18.6 Å². The summed E-state index contributed by atoms with van der Waals surface area (Å²) in [6.45, 7) is 8.47. The van der Waals surface area contributed by atoms with Gasteiger partial charge in [0.1, 0.15) is 5.75 Å². The van der Waals surface area contributed by atoms with Gasteiger partial charge >= 0.3 is 0 Å². The zero-order chi connectivity index (χ0) is 20.8. The number of nitrogens with zero attached hydrogens (tertiary/aromatic N) is 4. The van der Waals surface area contributed by atoms with Crippen LogP contribution < -0.4 is 10.1 Å². The van der Waals surface area contributed by atoms with E-state index in [4.69, 9.17) is 4.74 Å². The van der Waals surface area contributed by atoms with Gasteiger partial charge < -0.3 is 10.1 Å². The molecule has 29 heavy (non-hydrogen) atoms. The molecule has 0 spiro atoms. The van der Waals surface area contributed by atoms with Gasteiger partial charge in [0, 0.05) is 24.5 Å². The summed E-state index contributed by atoms with van der Waals surface area (Å²) in [4.78, 5) is 16.5. The first-order chi connectivity index (χ1) is 14.0. The third-order valence-corrected chi connectivity index (χ3v) is 5.01. The molecule has 2 aromatic heterocycles. The lowest BCUT2D eigenvalue weighted by molar-refractivity contribution is -0.113. The molecule has 1 aromatic carbocycles. The van der Waals surface area contributed by atoms with Gasteiger partial charge in [-0.1, -0.05) is 30.0 Å². The second kappa shape index (κ2) is 9.38. The predicted octanol–water partition coefficient (Wildman–Crippen LogP) is 3.96. The highest BCUT2D eigenvalue weighted by molar-refractivity contribution is 7.99. The number of carbonyl (C=O) groups excluding carboxylic acids is 1. The largest absolute Gasteiger partial charge is 0.495 e. The van der Waals surface area contributed by atoms with Gasteiger partial charge in [-0.15, -0.1) is 10.2 Å². The molecule has 8 heteroatoms. The molecule has 150 valence electrons. The van der Waals surface area contributed by atoms with Gasteiger partial charge in [-0.2, -0.15) is 0 Å². The standard InChI is InChI=1S/C21H23N5O2S/c1-14(2)12-26-20(16-7-9-22-10-8-16)24-25-21(26)29-13-19(27)23-17-11-15(3)5-6-18(17)28-4/h5-11H,1,12-13H2,2-4H3,(H,23,27). The minimum atomic E-state index is -0.144. The van der Waals surface area contributed by atoms with Gasteiger partial charge in [0.15, 0.2) is 11.0 Å². The van der Waals surface area contributed by atoms with Crippen LogP contribution >= 0.6 is 11.8 Å². The Bertz CT molecular complexity index is 1020. The number of benzene rings is 1. The molecule has 0 aliphatic carbocycles. The Hall–Kier alpha value is -3.13. The second-order valence-corrected chi connectivity index (χ2v) is 7.57. The maximum absolute atomic E-state index is 12.5. The molecule has 0 saturated heterocycles. The number of hydrogen-bond donors (Lipinski definition) is 1. The number of ether oxygens (including phenoxy) is 1. The molecule has 2 heterocycles. The number of pyridine rings is 1. The van der Waals surface area contributed by atoms with E-state index in [9.17, 15) is 4.79 Å². The first-order valence-electron chi connectivity index (χ1n) is 9.03. The number of anilines is 1. The average molecular weight is 410 g/mol. The van der Waals surface area contributed by atoms with Gasteiger partial charge in [0.2, 0.25) is 5.91 Å². The molecule has 1 amide bonds. The van der Waals surface area contributed by atoms with Crippen LogP contribution in [0.15, 0.2) is 60.0 Å². The minimum Gasteiger partial charge on any atom is -0.495 e. The fourth-order valence-corrected chi connectivity index (χ4v) is 3.50. The fraction of sp³-hybridized carbons (Fsp3) is 0.238. The molecule has 0 aliphatic rings. The van der Waals surface area contributed by atoms with Crippen molar-refractivity contribution in [3.63, 3.8) is 0 Å². The Morgan fingerprint density at radius 1 is 1.24 bits per heavy atom. The first-order valence-corrected chi connectivity index (χ1v) is 10.0. The van der Waals surface area contributed by atoms with E-state index in [1.807, 2.05) is 48.7 Å². The van der Waals surface area contributed by atoms with Crippen molar-refractivity contribution < 1.29 is 9.53 Å². The van der Waals surface area contributed by atoms with E-state index in [-0.39, 0.29) is 11.7 Å². The summed E-state index contributed by atoms with van der Waals surface area (Å²) < 4.78 is 7.28. The Balaban J connectivity index is 1.75. The maximum Gasteiger partial charge on any atom is 0.234 e. The highest BCUT2D eigenvalue weighted by atomic mass is 32.2. The number of amides is 1. The number of carbonyl (C=O) groups is 1. The van der Waals surface area contributed by atoms with Crippen LogP contribution in [-0.2, 0) is 11.3 Å². The van der Waals surface area contributed by atoms with E-state index in [0.717, 1.165) is 22.5 Å². The summed E-state index contributed by atoms with van der Waals surface area (Å²) in [7, 11) is 1.58. The Morgan fingerprint density at radius 2 is 2.00 bits per heavy atom. The number of aryl methyl sites for hydroxylation is 1. The van der Waals surface area contributed by atoms with Crippen molar-refractivity contribution in [3.8, 4) is 17.1 Å². The monoisotopic (exact) mass is 409 g/mol. The van der Waals surface area contributed by atoms with Crippen LogP contribution in [0.25, 0.3) is 11.4 Å². The Morgan fingerprint density at radius 3 is 2.69 bits per heavy atom. The number of allylic oxidation sites excluding steroid dienone is 1.